The fraction of sp³-hybridized carbons (Fsp3) is 0.0652. The zero-order valence-electron chi connectivity index (χ0n) is 26.7. The van der Waals surface area contributed by atoms with Gasteiger partial charge in [-0.3, -0.25) is 0 Å². The number of hydrogen-bond acceptors (Lipinski definition) is 3. The lowest BCUT2D eigenvalue weighted by Crippen LogP contribution is -2.26. The van der Waals surface area contributed by atoms with Gasteiger partial charge in [0.05, 0.1) is 5.41 Å². The summed E-state index contributed by atoms with van der Waals surface area (Å²) in [6.45, 7) is 0. The number of rotatable bonds is 3. The van der Waals surface area contributed by atoms with Gasteiger partial charge in [-0.2, -0.15) is 0 Å². The van der Waals surface area contributed by atoms with E-state index in [0.29, 0.717) is 11.6 Å². The average molecular weight is 624 g/mol. The molecule has 0 saturated heterocycles. The van der Waals surface area contributed by atoms with Crippen molar-refractivity contribution in [3.05, 3.63) is 180 Å². The molecule has 3 nitrogen and oxygen atoms in total. The summed E-state index contributed by atoms with van der Waals surface area (Å²) in [7, 11) is 0. The minimum atomic E-state index is -0.384. The lowest BCUT2D eigenvalue weighted by molar-refractivity contribution is 0.797. The Labute approximate surface area is 284 Å². The molecule has 49 heavy (non-hydrogen) atoms. The average Bonchev–Trinajstić information content (AvgIpc) is 3.65. The molecule has 0 radical (unpaired) electrons. The van der Waals surface area contributed by atoms with Gasteiger partial charge in [-0.25, -0.2) is 15.0 Å². The highest BCUT2D eigenvalue weighted by Crippen LogP contribution is 2.62. The summed E-state index contributed by atoms with van der Waals surface area (Å²) >= 11 is 0. The van der Waals surface area contributed by atoms with Crippen LogP contribution in [0, 0.1) is 0 Å². The summed E-state index contributed by atoms with van der Waals surface area (Å²) in [5.41, 5.74) is 10.7. The minimum absolute atomic E-state index is 0.384. The number of allylic oxidation sites excluding steroid dienone is 4. The fourth-order valence-electron chi connectivity index (χ4n) is 8.91. The second kappa shape index (κ2) is 9.91. The van der Waals surface area contributed by atoms with Gasteiger partial charge in [-0.15, -0.1) is 0 Å². The predicted molar refractivity (Wildman–Crippen MR) is 200 cm³/mol. The van der Waals surface area contributed by atoms with Crippen molar-refractivity contribution in [2.45, 2.75) is 18.3 Å². The van der Waals surface area contributed by atoms with Crippen LogP contribution in [0.4, 0.5) is 0 Å². The summed E-state index contributed by atoms with van der Waals surface area (Å²) in [5.74, 6) is 2.15. The van der Waals surface area contributed by atoms with Crippen molar-refractivity contribution >= 4 is 37.9 Å². The number of benzene rings is 7. The Kier molecular flexibility index (Phi) is 5.43. The number of fused-ring (bicyclic) bond motifs is 8. The highest BCUT2D eigenvalue weighted by Gasteiger charge is 2.50. The van der Waals surface area contributed by atoms with Crippen LogP contribution in [-0.4, -0.2) is 15.0 Å². The van der Waals surface area contributed by atoms with Crippen molar-refractivity contribution in [3.8, 4) is 33.9 Å². The Balaban J connectivity index is 1.17. The van der Waals surface area contributed by atoms with Gasteiger partial charge in [-0.1, -0.05) is 146 Å². The molecule has 3 heteroatoms. The van der Waals surface area contributed by atoms with Crippen LogP contribution in [0.5, 0.6) is 0 Å². The van der Waals surface area contributed by atoms with Crippen molar-refractivity contribution in [1.29, 1.82) is 0 Å². The van der Waals surface area contributed by atoms with Crippen LogP contribution < -0.4 is 0 Å². The molecule has 3 aliphatic rings. The molecule has 7 aromatic carbocycles. The van der Waals surface area contributed by atoms with Crippen LogP contribution in [0.25, 0.3) is 71.8 Å². The van der Waals surface area contributed by atoms with Gasteiger partial charge in [0.2, 0.25) is 0 Å². The molecule has 0 fully saturated rings. The zero-order chi connectivity index (χ0) is 32.1. The van der Waals surface area contributed by atoms with E-state index in [2.05, 4.69) is 152 Å². The number of nitrogens with zero attached hydrogens (tertiary/aromatic N) is 3. The van der Waals surface area contributed by atoms with Crippen molar-refractivity contribution in [1.82, 2.24) is 15.0 Å². The second-order valence-corrected chi connectivity index (χ2v) is 13.4. The van der Waals surface area contributed by atoms with Gasteiger partial charge in [0, 0.05) is 11.1 Å². The molecule has 228 valence electrons. The standard InChI is InChI=1S/C46H29N3/c1-2-12-31(13-3-1)43-47-44(49-45(48-43)35-19-8-14-28-11-4-5-17-33(28)35)32-25-26-38-36(27-32)34-18-6-7-20-37(34)46(38)39-21-9-15-29-23-24-30-16-10-22-40(46)42(30)41(29)39/h1-2,4-12,14-27H,3,13H2. The van der Waals surface area contributed by atoms with Gasteiger partial charge < -0.3 is 0 Å². The monoisotopic (exact) mass is 623 g/mol. The molecule has 1 spiro atoms. The van der Waals surface area contributed by atoms with E-state index in [9.17, 15) is 0 Å². The van der Waals surface area contributed by atoms with Gasteiger partial charge in [0.15, 0.2) is 17.5 Å². The fourth-order valence-corrected chi connectivity index (χ4v) is 8.91. The normalized spacial score (nSPS) is 15.0. The SMILES string of the molecule is C1=CCCC(c2nc(-c3ccc4c(c3)-c3ccccc3C43c4cccc5ccc6cccc3c6c45)nc(-c3cccc4ccccc34)n2)=C1. The Morgan fingerprint density at radius 1 is 0.469 bits per heavy atom. The molecule has 0 aliphatic heterocycles. The highest BCUT2D eigenvalue weighted by molar-refractivity contribution is 6.17. The molecule has 0 N–H and O–H groups in total. The van der Waals surface area contributed by atoms with Crippen LogP contribution in [0.2, 0.25) is 0 Å². The van der Waals surface area contributed by atoms with Gasteiger partial charge in [0.1, 0.15) is 0 Å². The first-order valence-corrected chi connectivity index (χ1v) is 17.1. The Bertz CT molecular complexity index is 2720. The van der Waals surface area contributed by atoms with E-state index >= 15 is 0 Å². The predicted octanol–water partition coefficient (Wildman–Crippen LogP) is 11.1. The van der Waals surface area contributed by atoms with E-state index in [1.165, 1.54) is 60.3 Å². The molecule has 1 aromatic heterocycles. The molecular formula is C46H29N3. The quantitative estimate of drug-likeness (QED) is 0.184. The van der Waals surface area contributed by atoms with E-state index in [0.717, 1.165) is 40.8 Å². The smallest absolute Gasteiger partial charge is 0.164 e. The van der Waals surface area contributed by atoms with Crippen LogP contribution in [-0.2, 0) is 5.41 Å². The molecule has 0 saturated carbocycles. The maximum atomic E-state index is 5.22. The lowest BCUT2D eigenvalue weighted by atomic mass is 9.70. The molecule has 8 aromatic rings. The number of hydrogen-bond donors (Lipinski definition) is 0. The first kappa shape index (κ1) is 26.8. The maximum Gasteiger partial charge on any atom is 0.164 e. The van der Waals surface area contributed by atoms with Crippen molar-refractivity contribution in [2.75, 3.05) is 0 Å². The van der Waals surface area contributed by atoms with Crippen LogP contribution in [0.15, 0.2) is 152 Å². The summed E-state index contributed by atoms with van der Waals surface area (Å²) in [6.07, 6.45) is 8.36. The highest BCUT2D eigenvalue weighted by atomic mass is 15.0. The Morgan fingerprint density at radius 2 is 1.10 bits per heavy atom. The second-order valence-electron chi connectivity index (χ2n) is 13.4. The first-order chi connectivity index (χ1) is 24.3. The summed E-state index contributed by atoms with van der Waals surface area (Å²) < 4.78 is 0. The molecule has 0 amide bonds. The van der Waals surface area contributed by atoms with E-state index < -0.39 is 0 Å². The molecule has 0 bridgehead atoms. The maximum absolute atomic E-state index is 5.22. The van der Waals surface area contributed by atoms with Crippen LogP contribution >= 0.6 is 0 Å². The van der Waals surface area contributed by atoms with Crippen molar-refractivity contribution < 1.29 is 0 Å². The third kappa shape index (κ3) is 3.59. The van der Waals surface area contributed by atoms with Crippen molar-refractivity contribution in [2.24, 2.45) is 0 Å². The van der Waals surface area contributed by atoms with E-state index in [1.807, 2.05) is 0 Å². The van der Waals surface area contributed by atoms with E-state index in [4.69, 9.17) is 15.0 Å². The van der Waals surface area contributed by atoms with Gasteiger partial charge in [-0.05, 0) is 90.2 Å². The van der Waals surface area contributed by atoms with Crippen LogP contribution in [0.3, 0.4) is 0 Å². The zero-order valence-corrected chi connectivity index (χ0v) is 26.7. The molecule has 0 unspecified atom stereocenters. The lowest BCUT2D eigenvalue weighted by Gasteiger charge is -2.30. The Hall–Kier alpha value is -6.19. The minimum Gasteiger partial charge on any atom is -0.209 e. The molecule has 0 atom stereocenters. The topological polar surface area (TPSA) is 38.7 Å². The number of aromatic nitrogens is 3. The summed E-state index contributed by atoms with van der Waals surface area (Å²) in [4.78, 5) is 15.5. The molecule has 1 heterocycles. The first-order valence-electron chi connectivity index (χ1n) is 17.1. The molecule has 11 rings (SSSR count). The van der Waals surface area contributed by atoms with Crippen molar-refractivity contribution in [3.63, 3.8) is 0 Å². The third-order valence-electron chi connectivity index (χ3n) is 11.0. The molecule has 3 aliphatic carbocycles. The summed E-state index contributed by atoms with van der Waals surface area (Å²) in [5, 5.41) is 7.65. The third-order valence-corrected chi connectivity index (χ3v) is 11.0. The van der Waals surface area contributed by atoms with E-state index in [-0.39, 0.29) is 5.41 Å². The summed E-state index contributed by atoms with van der Waals surface area (Å²) in [6, 6.07) is 48.9. The van der Waals surface area contributed by atoms with Gasteiger partial charge >= 0.3 is 0 Å². The van der Waals surface area contributed by atoms with Gasteiger partial charge in [0.25, 0.3) is 0 Å². The van der Waals surface area contributed by atoms with Crippen LogP contribution in [0.1, 0.15) is 40.9 Å². The largest absolute Gasteiger partial charge is 0.209 e. The van der Waals surface area contributed by atoms with E-state index in [1.54, 1.807) is 0 Å². The Morgan fingerprint density at radius 3 is 1.92 bits per heavy atom. The molecular weight excluding hydrogens is 595 g/mol.